The van der Waals surface area contributed by atoms with Crippen LogP contribution in [0, 0.1) is 11.6 Å². The molecule has 0 saturated heterocycles. The standard InChI is InChI=1S/C21H24F2N4O4/c1-2-3-18(25-21(30)24-12-14-4-6-15(22)7-5-14)20(29)27-26-19(28)13-31-17-10-8-16(23)9-11-17/h4-11,18H,2-3,12-13H2,1H3,(H,26,28)(H,27,29)(H2,24,25,30). The molecule has 0 aromatic heterocycles. The minimum atomic E-state index is -0.878. The molecular weight excluding hydrogens is 410 g/mol. The lowest BCUT2D eigenvalue weighted by Gasteiger charge is -2.18. The molecule has 4 N–H and O–H groups in total. The van der Waals surface area contributed by atoms with E-state index < -0.39 is 36.3 Å². The summed E-state index contributed by atoms with van der Waals surface area (Å²) in [7, 11) is 0. The first-order chi connectivity index (χ1) is 14.9. The number of benzene rings is 2. The first kappa shape index (κ1) is 23.6. The van der Waals surface area contributed by atoms with Crippen LogP contribution in [0.3, 0.4) is 0 Å². The van der Waals surface area contributed by atoms with Gasteiger partial charge in [0.2, 0.25) is 0 Å². The van der Waals surface area contributed by atoms with Gasteiger partial charge in [-0.2, -0.15) is 0 Å². The molecule has 0 aliphatic carbocycles. The second-order valence-corrected chi connectivity index (χ2v) is 6.57. The van der Waals surface area contributed by atoms with E-state index in [2.05, 4.69) is 21.5 Å². The topological polar surface area (TPSA) is 109 Å². The summed E-state index contributed by atoms with van der Waals surface area (Å²) < 4.78 is 30.9. The minimum Gasteiger partial charge on any atom is -0.484 e. The molecule has 1 unspecified atom stereocenters. The van der Waals surface area contributed by atoms with Crippen LogP contribution in [0.15, 0.2) is 48.5 Å². The summed E-state index contributed by atoms with van der Waals surface area (Å²) in [4.78, 5) is 36.2. The highest BCUT2D eigenvalue weighted by atomic mass is 19.1. The number of carbonyl (C=O) groups excluding carboxylic acids is 3. The van der Waals surface area contributed by atoms with E-state index in [0.29, 0.717) is 24.2 Å². The third kappa shape index (κ3) is 8.69. The van der Waals surface area contributed by atoms with Crippen molar-refractivity contribution in [3.63, 3.8) is 0 Å². The van der Waals surface area contributed by atoms with Gasteiger partial charge in [-0.15, -0.1) is 0 Å². The Balaban J connectivity index is 1.75. The van der Waals surface area contributed by atoms with Crippen LogP contribution in [-0.4, -0.2) is 30.5 Å². The Hall–Kier alpha value is -3.69. The van der Waals surface area contributed by atoms with Gasteiger partial charge in [0.25, 0.3) is 11.8 Å². The molecule has 0 saturated carbocycles. The first-order valence-corrected chi connectivity index (χ1v) is 9.63. The first-order valence-electron chi connectivity index (χ1n) is 9.63. The van der Waals surface area contributed by atoms with Crippen LogP contribution in [0.4, 0.5) is 13.6 Å². The number of carbonyl (C=O) groups is 3. The van der Waals surface area contributed by atoms with E-state index in [1.165, 1.54) is 48.5 Å². The van der Waals surface area contributed by atoms with E-state index in [1.807, 2.05) is 6.92 Å². The van der Waals surface area contributed by atoms with E-state index >= 15 is 0 Å². The average Bonchev–Trinajstić information content (AvgIpc) is 2.76. The lowest BCUT2D eigenvalue weighted by molar-refractivity contribution is -0.131. The zero-order valence-electron chi connectivity index (χ0n) is 16.9. The zero-order valence-corrected chi connectivity index (χ0v) is 16.9. The summed E-state index contributed by atoms with van der Waals surface area (Å²) in [6, 6.07) is 9.30. The molecule has 0 radical (unpaired) electrons. The molecule has 0 aliphatic rings. The lowest BCUT2D eigenvalue weighted by Crippen LogP contribution is -2.54. The van der Waals surface area contributed by atoms with Crippen molar-refractivity contribution in [3.05, 3.63) is 65.7 Å². The van der Waals surface area contributed by atoms with Gasteiger partial charge in [-0.3, -0.25) is 20.4 Å². The molecule has 4 amide bonds. The van der Waals surface area contributed by atoms with Crippen LogP contribution >= 0.6 is 0 Å². The molecule has 0 aliphatic heterocycles. The zero-order chi connectivity index (χ0) is 22.6. The summed E-state index contributed by atoms with van der Waals surface area (Å²) in [6.07, 6.45) is 0.954. The Bertz CT molecular complexity index is 876. The monoisotopic (exact) mass is 434 g/mol. The Morgan fingerprint density at radius 3 is 2.16 bits per heavy atom. The van der Waals surface area contributed by atoms with Crippen molar-refractivity contribution in [3.8, 4) is 5.75 Å². The van der Waals surface area contributed by atoms with Crippen LogP contribution in [0.5, 0.6) is 5.75 Å². The molecule has 2 aromatic carbocycles. The van der Waals surface area contributed by atoms with Crippen molar-refractivity contribution in [2.24, 2.45) is 0 Å². The maximum absolute atomic E-state index is 12.9. The molecular formula is C21H24F2N4O4. The van der Waals surface area contributed by atoms with Crippen LogP contribution in [-0.2, 0) is 16.1 Å². The predicted octanol–water partition coefficient (Wildman–Crippen LogP) is 2.16. The van der Waals surface area contributed by atoms with E-state index in [1.54, 1.807) is 0 Å². The SMILES string of the molecule is CCCC(NC(=O)NCc1ccc(F)cc1)C(=O)NNC(=O)COc1ccc(F)cc1. The smallest absolute Gasteiger partial charge is 0.315 e. The van der Waals surface area contributed by atoms with Gasteiger partial charge in [0.05, 0.1) is 0 Å². The summed E-state index contributed by atoms with van der Waals surface area (Å²) in [5.74, 6) is -1.74. The van der Waals surface area contributed by atoms with E-state index in [-0.39, 0.29) is 12.4 Å². The quantitative estimate of drug-likeness (QED) is 0.454. The maximum Gasteiger partial charge on any atom is 0.315 e. The summed E-state index contributed by atoms with van der Waals surface area (Å²) in [5.41, 5.74) is 5.13. The van der Waals surface area contributed by atoms with Crippen LogP contribution in [0.1, 0.15) is 25.3 Å². The highest BCUT2D eigenvalue weighted by molar-refractivity contribution is 5.89. The Morgan fingerprint density at radius 2 is 1.55 bits per heavy atom. The fraction of sp³-hybridized carbons (Fsp3) is 0.286. The van der Waals surface area contributed by atoms with Gasteiger partial charge in [0, 0.05) is 6.54 Å². The second kappa shape index (κ2) is 12.1. The fourth-order valence-corrected chi connectivity index (χ4v) is 2.49. The van der Waals surface area contributed by atoms with E-state index in [4.69, 9.17) is 4.74 Å². The van der Waals surface area contributed by atoms with Crippen molar-refractivity contribution in [2.75, 3.05) is 6.61 Å². The van der Waals surface area contributed by atoms with Gasteiger partial charge in [-0.1, -0.05) is 25.5 Å². The summed E-state index contributed by atoms with van der Waals surface area (Å²) in [5, 5.41) is 5.11. The average molecular weight is 434 g/mol. The van der Waals surface area contributed by atoms with Crippen molar-refractivity contribution in [2.45, 2.75) is 32.4 Å². The molecule has 0 heterocycles. The van der Waals surface area contributed by atoms with Gasteiger partial charge >= 0.3 is 6.03 Å². The van der Waals surface area contributed by atoms with Gasteiger partial charge in [0.15, 0.2) is 6.61 Å². The normalized spacial score (nSPS) is 11.2. The van der Waals surface area contributed by atoms with Crippen LogP contribution in [0.2, 0.25) is 0 Å². The highest BCUT2D eigenvalue weighted by Crippen LogP contribution is 2.10. The number of hydrogen-bond donors (Lipinski definition) is 4. The Kier molecular flexibility index (Phi) is 9.21. The summed E-state index contributed by atoms with van der Waals surface area (Å²) in [6.45, 7) is 1.60. The second-order valence-electron chi connectivity index (χ2n) is 6.57. The van der Waals surface area contributed by atoms with Crippen molar-refractivity contribution in [1.82, 2.24) is 21.5 Å². The molecule has 31 heavy (non-hydrogen) atoms. The molecule has 0 fully saturated rings. The number of ether oxygens (including phenoxy) is 1. The Morgan fingerprint density at radius 1 is 0.935 bits per heavy atom. The molecule has 2 aromatic rings. The van der Waals surface area contributed by atoms with E-state index in [0.717, 1.165) is 0 Å². The third-order valence-corrected chi connectivity index (χ3v) is 4.07. The molecule has 10 heteroatoms. The lowest BCUT2D eigenvalue weighted by atomic mass is 10.1. The maximum atomic E-state index is 12.9. The molecule has 0 spiro atoms. The van der Waals surface area contributed by atoms with Gasteiger partial charge in [0.1, 0.15) is 23.4 Å². The minimum absolute atomic E-state index is 0.157. The molecule has 8 nitrogen and oxygen atoms in total. The molecule has 1 atom stereocenters. The Labute approximate surface area is 178 Å². The van der Waals surface area contributed by atoms with Crippen molar-refractivity contribution in [1.29, 1.82) is 0 Å². The number of rotatable bonds is 9. The molecule has 2 rings (SSSR count). The van der Waals surface area contributed by atoms with E-state index in [9.17, 15) is 23.2 Å². The van der Waals surface area contributed by atoms with Crippen molar-refractivity contribution >= 4 is 17.8 Å². The highest BCUT2D eigenvalue weighted by Gasteiger charge is 2.20. The van der Waals surface area contributed by atoms with Gasteiger partial charge in [-0.25, -0.2) is 13.6 Å². The van der Waals surface area contributed by atoms with Crippen LogP contribution < -0.4 is 26.2 Å². The summed E-state index contributed by atoms with van der Waals surface area (Å²) >= 11 is 0. The van der Waals surface area contributed by atoms with Gasteiger partial charge in [-0.05, 0) is 48.4 Å². The third-order valence-electron chi connectivity index (χ3n) is 4.07. The largest absolute Gasteiger partial charge is 0.484 e. The fourth-order valence-electron chi connectivity index (χ4n) is 2.49. The molecule has 0 bridgehead atoms. The number of hydrogen-bond acceptors (Lipinski definition) is 4. The number of hydrazine groups is 1. The van der Waals surface area contributed by atoms with Crippen LogP contribution in [0.25, 0.3) is 0 Å². The van der Waals surface area contributed by atoms with Gasteiger partial charge < -0.3 is 15.4 Å². The predicted molar refractivity (Wildman–Crippen MR) is 109 cm³/mol. The number of urea groups is 1. The number of amides is 4. The molecule has 166 valence electrons. The number of halogens is 2. The number of nitrogens with one attached hydrogen (secondary N) is 4. The van der Waals surface area contributed by atoms with Crippen molar-refractivity contribution < 1.29 is 27.9 Å².